The van der Waals surface area contributed by atoms with E-state index in [4.69, 9.17) is 0 Å². The Morgan fingerprint density at radius 2 is 2.20 bits per heavy atom. The molecule has 0 saturated heterocycles. The molecule has 1 aromatic rings. The van der Waals surface area contributed by atoms with E-state index in [0.717, 1.165) is 0 Å². The van der Waals surface area contributed by atoms with Gasteiger partial charge in [0.25, 0.3) is 0 Å². The van der Waals surface area contributed by atoms with Gasteiger partial charge in [-0.05, 0) is 0 Å². The van der Waals surface area contributed by atoms with Crippen molar-refractivity contribution in [1.29, 1.82) is 0 Å². The second-order valence-corrected chi connectivity index (χ2v) is 1.74. The first kappa shape index (κ1) is 5.16. The standard InChI is InChI=1S/C5H2N4O/c10-5-8-3-1-6-2-7-4(3)9-5/h1-2H. The summed E-state index contributed by atoms with van der Waals surface area (Å²) in [7, 11) is 0. The Balaban J connectivity index is 2.96. The highest BCUT2D eigenvalue weighted by Crippen LogP contribution is 1.79. The summed E-state index contributed by atoms with van der Waals surface area (Å²) in [6, 6.07) is -0.504. The van der Waals surface area contributed by atoms with Gasteiger partial charge in [-0.25, -0.2) is 14.8 Å². The van der Waals surface area contributed by atoms with Gasteiger partial charge in [-0.2, -0.15) is 9.98 Å². The number of hydrogen-bond acceptors (Lipinski definition) is 3. The average molecular weight is 134 g/mol. The number of urea groups is 1. The van der Waals surface area contributed by atoms with Crippen LogP contribution in [0.3, 0.4) is 0 Å². The fraction of sp³-hybridized carbons (Fsp3) is 0. The Labute approximate surface area is 55.2 Å². The number of amides is 2. The van der Waals surface area contributed by atoms with Crippen LogP contribution in [0.4, 0.5) is 4.79 Å². The van der Waals surface area contributed by atoms with Crippen LogP contribution in [0.5, 0.6) is 0 Å². The molecule has 0 N–H and O–H groups in total. The molecule has 2 rings (SSSR count). The number of carbonyl (C=O) groups excluding carboxylic acids is 1. The fourth-order valence-electron chi connectivity index (χ4n) is 0.699. The maximum absolute atomic E-state index is 10.5. The number of aromatic nitrogens is 2. The van der Waals surface area contributed by atoms with Crippen molar-refractivity contribution in [2.75, 3.05) is 0 Å². The first-order valence-electron chi connectivity index (χ1n) is 2.64. The summed E-state index contributed by atoms with van der Waals surface area (Å²) in [6.45, 7) is 0. The SMILES string of the molecule is O=C1N=c2cncnc2=N1. The first-order valence-corrected chi connectivity index (χ1v) is 2.64. The Morgan fingerprint density at radius 1 is 1.30 bits per heavy atom. The average Bonchev–Trinajstić information content (AvgIpc) is 2.27. The highest BCUT2D eigenvalue weighted by Gasteiger charge is 2.03. The highest BCUT2D eigenvalue weighted by molar-refractivity contribution is 5.77. The predicted octanol–water partition coefficient (Wildman–Crippen LogP) is -1.15. The summed E-state index contributed by atoms with van der Waals surface area (Å²) < 4.78 is 0. The molecule has 0 fully saturated rings. The van der Waals surface area contributed by atoms with Crippen molar-refractivity contribution in [3.05, 3.63) is 23.4 Å². The predicted molar refractivity (Wildman–Crippen MR) is 29.7 cm³/mol. The van der Waals surface area contributed by atoms with Gasteiger partial charge in [0.15, 0.2) is 5.49 Å². The van der Waals surface area contributed by atoms with Gasteiger partial charge in [0.1, 0.15) is 11.7 Å². The zero-order chi connectivity index (χ0) is 6.97. The van der Waals surface area contributed by atoms with Gasteiger partial charge in [-0.15, -0.1) is 0 Å². The van der Waals surface area contributed by atoms with Crippen LogP contribution in [0, 0.1) is 0 Å². The van der Waals surface area contributed by atoms with Gasteiger partial charge in [0, 0.05) is 0 Å². The lowest BCUT2D eigenvalue weighted by molar-refractivity contribution is 0.256. The number of rotatable bonds is 0. The van der Waals surface area contributed by atoms with E-state index in [1.807, 2.05) is 0 Å². The van der Waals surface area contributed by atoms with E-state index in [0.29, 0.717) is 10.8 Å². The van der Waals surface area contributed by atoms with Crippen LogP contribution >= 0.6 is 0 Å². The summed E-state index contributed by atoms with van der Waals surface area (Å²) >= 11 is 0. The van der Waals surface area contributed by atoms with Crippen molar-refractivity contribution in [3.63, 3.8) is 0 Å². The number of fused-ring (bicyclic) bond motifs is 1. The molecule has 2 heterocycles. The quantitative estimate of drug-likeness (QED) is 0.450. The van der Waals surface area contributed by atoms with E-state index in [1.165, 1.54) is 12.5 Å². The van der Waals surface area contributed by atoms with Crippen LogP contribution in [-0.4, -0.2) is 16.0 Å². The summed E-state index contributed by atoms with van der Waals surface area (Å²) in [5.41, 5.74) is 0.361. The van der Waals surface area contributed by atoms with Gasteiger partial charge in [-0.1, -0.05) is 0 Å². The molecule has 1 aromatic heterocycles. The van der Waals surface area contributed by atoms with Gasteiger partial charge < -0.3 is 0 Å². The Bertz CT molecular complexity index is 359. The third kappa shape index (κ3) is 0.604. The monoisotopic (exact) mass is 134 g/mol. The topological polar surface area (TPSA) is 67.6 Å². The van der Waals surface area contributed by atoms with Crippen LogP contribution in [0.1, 0.15) is 0 Å². The van der Waals surface area contributed by atoms with Crippen molar-refractivity contribution >= 4 is 6.03 Å². The second-order valence-electron chi connectivity index (χ2n) is 1.74. The van der Waals surface area contributed by atoms with Crippen LogP contribution in [0.2, 0.25) is 0 Å². The van der Waals surface area contributed by atoms with E-state index < -0.39 is 6.03 Å². The summed E-state index contributed by atoms with van der Waals surface area (Å²) in [4.78, 5) is 24.9. The van der Waals surface area contributed by atoms with Crippen LogP contribution in [-0.2, 0) is 0 Å². The van der Waals surface area contributed by atoms with Gasteiger partial charge in [-0.3, -0.25) is 0 Å². The largest absolute Gasteiger partial charge is 0.369 e. The molecule has 5 heteroatoms. The minimum atomic E-state index is -0.504. The molecule has 0 saturated carbocycles. The minimum absolute atomic E-state index is 0.361. The molecule has 10 heavy (non-hydrogen) atoms. The zero-order valence-electron chi connectivity index (χ0n) is 4.85. The van der Waals surface area contributed by atoms with Gasteiger partial charge >= 0.3 is 6.03 Å². The number of carbonyl (C=O) groups is 1. The maximum Gasteiger partial charge on any atom is 0.369 e. The second kappa shape index (κ2) is 1.66. The minimum Gasteiger partial charge on any atom is -0.244 e. The van der Waals surface area contributed by atoms with E-state index in [9.17, 15) is 4.79 Å². The third-order valence-electron chi connectivity index (χ3n) is 1.09. The first-order chi connectivity index (χ1) is 4.86. The molecule has 0 radical (unpaired) electrons. The molecule has 5 nitrogen and oxygen atoms in total. The summed E-state index contributed by atoms with van der Waals surface area (Å²) in [5, 5.41) is 0.451. The molecule has 0 aliphatic carbocycles. The van der Waals surface area contributed by atoms with E-state index in [-0.39, 0.29) is 0 Å². The lowest BCUT2D eigenvalue weighted by Crippen LogP contribution is -2.25. The molecular weight excluding hydrogens is 132 g/mol. The number of nitrogens with zero attached hydrogens (tertiary/aromatic N) is 4. The zero-order valence-corrected chi connectivity index (χ0v) is 4.85. The van der Waals surface area contributed by atoms with Crippen molar-refractivity contribution in [1.82, 2.24) is 9.97 Å². The summed E-state index contributed by atoms with van der Waals surface area (Å²) in [6.07, 6.45) is 2.78. The smallest absolute Gasteiger partial charge is 0.244 e. The number of hydrogen-bond donors (Lipinski definition) is 0. The normalized spacial score (nSPS) is 13.8. The van der Waals surface area contributed by atoms with Gasteiger partial charge in [0.2, 0.25) is 0 Å². The van der Waals surface area contributed by atoms with E-state index >= 15 is 0 Å². The maximum atomic E-state index is 10.5. The fourth-order valence-corrected chi connectivity index (χ4v) is 0.699. The highest BCUT2D eigenvalue weighted by atomic mass is 16.2. The molecule has 2 amide bonds. The van der Waals surface area contributed by atoms with E-state index in [1.54, 1.807) is 0 Å². The molecule has 0 unspecified atom stereocenters. The lowest BCUT2D eigenvalue weighted by Gasteiger charge is -1.74. The molecule has 48 valence electrons. The Morgan fingerprint density at radius 3 is 3.00 bits per heavy atom. The van der Waals surface area contributed by atoms with Crippen molar-refractivity contribution in [2.45, 2.75) is 0 Å². The van der Waals surface area contributed by atoms with Gasteiger partial charge in [0.05, 0.1) is 6.20 Å². The van der Waals surface area contributed by atoms with Crippen molar-refractivity contribution in [3.8, 4) is 0 Å². The summed E-state index contributed by atoms with van der Waals surface area (Å²) in [5.74, 6) is 0. The molecule has 1 aliphatic heterocycles. The molecule has 0 spiro atoms. The lowest BCUT2D eigenvalue weighted by atomic mass is 10.6. The Kier molecular flexibility index (Phi) is 0.858. The molecule has 0 aromatic carbocycles. The third-order valence-corrected chi connectivity index (χ3v) is 1.09. The van der Waals surface area contributed by atoms with Crippen LogP contribution in [0.15, 0.2) is 22.5 Å². The molecule has 1 aliphatic rings. The van der Waals surface area contributed by atoms with Crippen molar-refractivity contribution in [2.24, 2.45) is 9.98 Å². The molecule has 0 bridgehead atoms. The Hall–Kier alpha value is -1.65. The van der Waals surface area contributed by atoms with Crippen molar-refractivity contribution < 1.29 is 4.79 Å². The van der Waals surface area contributed by atoms with Crippen LogP contribution in [0.25, 0.3) is 0 Å². The molecular formula is C5H2N4O. The molecule has 0 atom stereocenters. The van der Waals surface area contributed by atoms with E-state index in [2.05, 4.69) is 20.0 Å². The van der Waals surface area contributed by atoms with Crippen LogP contribution < -0.4 is 10.8 Å².